The largest absolute Gasteiger partial charge is 0.330 e. The Morgan fingerprint density at radius 1 is 1.17 bits per heavy atom. The lowest BCUT2D eigenvalue weighted by Gasteiger charge is -2.23. The van der Waals surface area contributed by atoms with Gasteiger partial charge in [-0.2, -0.15) is 0 Å². The third-order valence-electron chi connectivity index (χ3n) is 2.77. The molecular weight excluding hydrogens is 252 g/mol. The van der Waals surface area contributed by atoms with Gasteiger partial charge in [0.25, 0.3) is 0 Å². The van der Waals surface area contributed by atoms with Crippen LogP contribution >= 0.6 is 0 Å². The van der Waals surface area contributed by atoms with Gasteiger partial charge in [-0.25, -0.2) is 8.42 Å². The summed E-state index contributed by atoms with van der Waals surface area (Å²) in [4.78, 5) is 9.30. The van der Waals surface area contributed by atoms with Gasteiger partial charge < -0.3 is 16.3 Å². The van der Waals surface area contributed by atoms with Crippen molar-refractivity contribution >= 4 is 16.1 Å². The van der Waals surface area contributed by atoms with Crippen LogP contribution in [-0.2, 0) is 14.6 Å². The van der Waals surface area contributed by atoms with Crippen LogP contribution in [0.15, 0.2) is 35.2 Å². The van der Waals surface area contributed by atoms with Gasteiger partial charge in [0, 0.05) is 0 Å². The van der Waals surface area contributed by atoms with E-state index in [9.17, 15) is 13.2 Å². The van der Waals surface area contributed by atoms with Gasteiger partial charge in [-0.15, -0.1) is 0 Å². The summed E-state index contributed by atoms with van der Waals surface area (Å²) in [6.07, 6.45) is 1.52. The molecule has 0 bridgehead atoms. The van der Waals surface area contributed by atoms with Gasteiger partial charge in [0.05, 0.1) is 4.90 Å². The van der Waals surface area contributed by atoms with Crippen LogP contribution < -0.4 is 11.5 Å². The van der Waals surface area contributed by atoms with E-state index in [1.807, 2.05) is 0 Å². The Kier molecular flexibility index (Phi) is 5.01. The van der Waals surface area contributed by atoms with E-state index >= 15 is 0 Å². The molecule has 1 rings (SSSR count). The lowest BCUT2D eigenvalue weighted by atomic mass is 10.1. The number of rotatable bonds is 7. The standard InChI is InChI=1S/C12H18N2O3S/c13-9-5-4-8-12(14,10-15)18(16,17)11-6-2-1-3-7-11/h1-3,6-7,10H,4-5,8-9,13-14H2/t12-/m1/s1. The molecule has 18 heavy (non-hydrogen) atoms. The van der Waals surface area contributed by atoms with Gasteiger partial charge in [-0.05, 0) is 37.9 Å². The predicted molar refractivity (Wildman–Crippen MR) is 69.5 cm³/mol. The van der Waals surface area contributed by atoms with Crippen LogP contribution in [0.5, 0.6) is 0 Å². The molecule has 0 fully saturated rings. The number of benzene rings is 1. The maximum absolute atomic E-state index is 12.3. The van der Waals surface area contributed by atoms with Crippen molar-refractivity contribution < 1.29 is 13.2 Å². The summed E-state index contributed by atoms with van der Waals surface area (Å²) in [5.41, 5.74) is 11.1. The van der Waals surface area contributed by atoms with Gasteiger partial charge >= 0.3 is 0 Å². The molecule has 0 spiro atoms. The number of aldehydes is 1. The lowest BCUT2D eigenvalue weighted by molar-refractivity contribution is -0.110. The minimum Gasteiger partial charge on any atom is -0.330 e. The predicted octanol–water partition coefficient (Wildman–Crippen LogP) is 0.443. The highest BCUT2D eigenvalue weighted by Gasteiger charge is 2.40. The molecule has 0 unspecified atom stereocenters. The first-order valence-electron chi connectivity index (χ1n) is 5.73. The third kappa shape index (κ3) is 2.95. The van der Waals surface area contributed by atoms with E-state index < -0.39 is 14.7 Å². The van der Waals surface area contributed by atoms with Crippen LogP contribution in [-0.4, -0.2) is 26.1 Å². The molecule has 4 N–H and O–H groups in total. The summed E-state index contributed by atoms with van der Waals surface area (Å²) < 4.78 is 24.6. The SMILES string of the molecule is NCCCC[C@](N)(C=O)S(=O)(=O)c1ccccc1. The number of unbranched alkanes of at least 4 members (excludes halogenated alkanes) is 1. The molecule has 5 nitrogen and oxygen atoms in total. The molecular formula is C12H18N2O3S. The Labute approximate surface area is 107 Å². The summed E-state index contributed by atoms with van der Waals surface area (Å²) in [5.74, 6) is 0. The second-order valence-electron chi connectivity index (χ2n) is 4.14. The Morgan fingerprint density at radius 3 is 2.28 bits per heavy atom. The van der Waals surface area contributed by atoms with Crippen molar-refractivity contribution in [2.24, 2.45) is 11.5 Å². The summed E-state index contributed by atoms with van der Waals surface area (Å²) in [6, 6.07) is 7.76. The second-order valence-corrected chi connectivity index (χ2v) is 6.37. The average molecular weight is 270 g/mol. The molecule has 1 atom stereocenters. The highest BCUT2D eigenvalue weighted by atomic mass is 32.2. The molecule has 0 aliphatic heterocycles. The van der Waals surface area contributed by atoms with Gasteiger partial charge in [-0.1, -0.05) is 18.2 Å². The Balaban J connectivity index is 3.03. The van der Waals surface area contributed by atoms with Crippen LogP contribution in [0.1, 0.15) is 19.3 Å². The molecule has 100 valence electrons. The number of carbonyl (C=O) groups is 1. The molecule has 0 saturated heterocycles. The Morgan fingerprint density at radius 2 is 1.78 bits per heavy atom. The minimum atomic E-state index is -3.86. The van der Waals surface area contributed by atoms with Crippen molar-refractivity contribution in [1.82, 2.24) is 0 Å². The molecule has 0 radical (unpaired) electrons. The zero-order valence-corrected chi connectivity index (χ0v) is 10.9. The molecule has 0 aliphatic rings. The molecule has 0 amide bonds. The smallest absolute Gasteiger partial charge is 0.203 e. The Hall–Kier alpha value is -1.24. The number of carbonyl (C=O) groups excluding carboxylic acids is 1. The topological polar surface area (TPSA) is 103 Å². The number of sulfone groups is 1. The van der Waals surface area contributed by atoms with Crippen LogP contribution in [0.4, 0.5) is 0 Å². The van der Waals surface area contributed by atoms with Crippen molar-refractivity contribution in [1.29, 1.82) is 0 Å². The molecule has 1 aromatic rings. The number of nitrogens with two attached hydrogens (primary N) is 2. The zero-order chi connectivity index (χ0) is 13.6. The van der Waals surface area contributed by atoms with Crippen molar-refractivity contribution in [2.75, 3.05) is 6.54 Å². The molecule has 0 aromatic heterocycles. The van der Waals surface area contributed by atoms with Gasteiger partial charge in [0.2, 0.25) is 9.84 Å². The molecule has 6 heteroatoms. The summed E-state index contributed by atoms with van der Waals surface area (Å²) in [6.45, 7) is 0.445. The van der Waals surface area contributed by atoms with Crippen molar-refractivity contribution in [3.63, 3.8) is 0 Å². The summed E-state index contributed by atoms with van der Waals surface area (Å²) >= 11 is 0. The molecule has 0 heterocycles. The van der Waals surface area contributed by atoms with Crippen molar-refractivity contribution in [2.45, 2.75) is 29.0 Å². The third-order valence-corrected chi connectivity index (χ3v) is 4.97. The summed E-state index contributed by atoms with van der Waals surface area (Å²) in [5, 5.41) is 0. The monoisotopic (exact) mass is 270 g/mol. The van der Waals surface area contributed by atoms with Crippen LogP contribution in [0, 0.1) is 0 Å². The van der Waals surface area contributed by atoms with E-state index in [1.165, 1.54) is 12.1 Å². The maximum Gasteiger partial charge on any atom is 0.203 e. The lowest BCUT2D eigenvalue weighted by Crippen LogP contribution is -2.49. The fraction of sp³-hybridized carbons (Fsp3) is 0.417. The van der Waals surface area contributed by atoms with Gasteiger partial charge in [0.1, 0.15) is 0 Å². The van der Waals surface area contributed by atoms with E-state index in [0.29, 0.717) is 25.7 Å². The fourth-order valence-electron chi connectivity index (χ4n) is 1.62. The maximum atomic E-state index is 12.3. The van der Waals surface area contributed by atoms with E-state index in [2.05, 4.69) is 0 Å². The average Bonchev–Trinajstić information content (AvgIpc) is 2.39. The Bertz CT molecular complexity index is 487. The number of hydrogen-bond donors (Lipinski definition) is 2. The normalized spacial score (nSPS) is 15.0. The van der Waals surface area contributed by atoms with E-state index in [-0.39, 0.29) is 11.3 Å². The van der Waals surface area contributed by atoms with Crippen molar-refractivity contribution in [3.8, 4) is 0 Å². The molecule has 1 aromatic carbocycles. The fourth-order valence-corrected chi connectivity index (χ4v) is 3.12. The van der Waals surface area contributed by atoms with Crippen LogP contribution in [0.25, 0.3) is 0 Å². The van der Waals surface area contributed by atoms with E-state index in [1.54, 1.807) is 18.2 Å². The second kappa shape index (κ2) is 6.08. The summed E-state index contributed by atoms with van der Waals surface area (Å²) in [7, 11) is -3.86. The molecule has 0 saturated carbocycles. The van der Waals surface area contributed by atoms with Gasteiger partial charge in [-0.3, -0.25) is 0 Å². The zero-order valence-electron chi connectivity index (χ0n) is 10.1. The minimum absolute atomic E-state index is 0.0624. The number of hydrogen-bond acceptors (Lipinski definition) is 5. The highest BCUT2D eigenvalue weighted by molar-refractivity contribution is 7.93. The van der Waals surface area contributed by atoms with Crippen LogP contribution in [0.2, 0.25) is 0 Å². The first kappa shape index (κ1) is 14.8. The highest BCUT2D eigenvalue weighted by Crippen LogP contribution is 2.24. The first-order valence-corrected chi connectivity index (χ1v) is 7.21. The van der Waals surface area contributed by atoms with E-state index in [4.69, 9.17) is 11.5 Å². The van der Waals surface area contributed by atoms with Gasteiger partial charge in [0.15, 0.2) is 11.2 Å². The van der Waals surface area contributed by atoms with E-state index in [0.717, 1.165) is 0 Å². The first-order chi connectivity index (χ1) is 8.48. The quantitative estimate of drug-likeness (QED) is 0.553. The van der Waals surface area contributed by atoms with Crippen molar-refractivity contribution in [3.05, 3.63) is 30.3 Å². The van der Waals surface area contributed by atoms with Crippen LogP contribution in [0.3, 0.4) is 0 Å². The molecule has 0 aliphatic carbocycles.